The molecule has 2 fully saturated rings. The zero-order valence-corrected chi connectivity index (χ0v) is 19.1. The molecule has 2 aromatic carbocycles. The molecule has 0 saturated carbocycles. The Morgan fingerprint density at radius 2 is 1.65 bits per heavy atom. The molecule has 164 valence electrons. The molecule has 0 N–H and O–H groups in total. The van der Waals surface area contributed by atoms with Gasteiger partial charge in [0.1, 0.15) is 4.90 Å². The van der Waals surface area contributed by atoms with Gasteiger partial charge >= 0.3 is 0 Å². The Labute approximate surface area is 191 Å². The van der Waals surface area contributed by atoms with Gasteiger partial charge in [-0.3, -0.25) is 9.59 Å². The second-order valence-electron chi connectivity index (χ2n) is 7.86. The summed E-state index contributed by atoms with van der Waals surface area (Å²) in [6, 6.07) is 11.8. The first-order valence-corrected chi connectivity index (χ1v) is 12.4. The summed E-state index contributed by atoms with van der Waals surface area (Å²) < 4.78 is 27.6. The van der Waals surface area contributed by atoms with Crippen LogP contribution in [0.3, 0.4) is 0 Å². The highest BCUT2D eigenvalue weighted by Gasteiger charge is 2.40. The van der Waals surface area contributed by atoms with Crippen molar-refractivity contribution < 1.29 is 18.0 Å². The largest absolute Gasteiger partial charge is 0.339 e. The van der Waals surface area contributed by atoms with E-state index in [0.29, 0.717) is 13.1 Å². The predicted octanol–water partition coefficient (Wildman–Crippen LogP) is 4.32. The van der Waals surface area contributed by atoms with Crippen LogP contribution in [0.15, 0.2) is 47.4 Å². The van der Waals surface area contributed by atoms with Crippen molar-refractivity contribution in [2.24, 2.45) is 0 Å². The van der Waals surface area contributed by atoms with Gasteiger partial charge in [0, 0.05) is 32.0 Å². The molecule has 2 heterocycles. The van der Waals surface area contributed by atoms with Crippen LogP contribution in [-0.2, 0) is 14.8 Å². The lowest BCUT2D eigenvalue weighted by Gasteiger charge is -2.27. The average molecular weight is 481 g/mol. The quantitative estimate of drug-likeness (QED) is 0.652. The minimum atomic E-state index is -4.24. The van der Waals surface area contributed by atoms with Crippen molar-refractivity contribution in [3.05, 3.63) is 63.6 Å². The lowest BCUT2D eigenvalue weighted by molar-refractivity contribution is -0.123. The summed E-state index contributed by atoms with van der Waals surface area (Å²) in [5, 5.41) is -0.0226. The topological polar surface area (TPSA) is 74.8 Å². The summed E-state index contributed by atoms with van der Waals surface area (Å²) in [6.45, 7) is 1.23. The first-order chi connectivity index (χ1) is 14.8. The minimum Gasteiger partial charge on any atom is -0.339 e. The molecule has 0 radical (unpaired) electrons. The maximum Gasteiger partial charge on any atom is 0.268 e. The Morgan fingerprint density at radius 1 is 0.968 bits per heavy atom. The Balaban J connectivity index is 1.66. The molecular formula is C22H22Cl2N2O4S. The number of nitrogens with zero attached hydrogens (tertiary/aromatic N) is 2. The van der Waals surface area contributed by atoms with Crippen LogP contribution in [0.2, 0.25) is 10.0 Å². The van der Waals surface area contributed by atoms with Crippen LogP contribution in [-0.4, -0.2) is 49.1 Å². The van der Waals surface area contributed by atoms with E-state index in [9.17, 15) is 18.0 Å². The van der Waals surface area contributed by atoms with Gasteiger partial charge in [0.2, 0.25) is 5.91 Å². The van der Waals surface area contributed by atoms with Crippen LogP contribution < -0.4 is 0 Å². The fourth-order valence-corrected chi connectivity index (χ4v) is 6.42. The highest BCUT2D eigenvalue weighted by Crippen LogP contribution is 2.36. The van der Waals surface area contributed by atoms with Crippen LogP contribution >= 0.6 is 23.2 Å². The van der Waals surface area contributed by atoms with E-state index in [0.717, 1.165) is 29.1 Å². The van der Waals surface area contributed by atoms with Crippen LogP contribution in [0.25, 0.3) is 0 Å². The molecule has 2 aliphatic rings. The summed E-state index contributed by atoms with van der Waals surface area (Å²) in [5.41, 5.74) is 0.981. The van der Waals surface area contributed by atoms with E-state index in [1.54, 1.807) is 4.90 Å². The molecule has 1 atom stereocenters. The van der Waals surface area contributed by atoms with Gasteiger partial charge in [-0.25, -0.2) is 12.7 Å². The van der Waals surface area contributed by atoms with Gasteiger partial charge in [-0.1, -0.05) is 53.5 Å². The molecule has 2 aromatic rings. The lowest BCUT2D eigenvalue weighted by atomic mass is 9.99. The van der Waals surface area contributed by atoms with Gasteiger partial charge in [-0.2, -0.15) is 0 Å². The van der Waals surface area contributed by atoms with Crippen molar-refractivity contribution in [1.82, 2.24) is 9.21 Å². The smallest absolute Gasteiger partial charge is 0.268 e. The third-order valence-electron chi connectivity index (χ3n) is 5.82. The number of halogens is 2. The summed E-state index contributed by atoms with van der Waals surface area (Å²) in [7, 11) is -4.24. The Bertz CT molecular complexity index is 1120. The molecule has 0 bridgehead atoms. The van der Waals surface area contributed by atoms with Crippen molar-refractivity contribution in [3.63, 3.8) is 0 Å². The molecule has 0 aromatic heterocycles. The van der Waals surface area contributed by atoms with Crippen LogP contribution in [0, 0.1) is 0 Å². The van der Waals surface area contributed by atoms with Crippen molar-refractivity contribution in [1.29, 1.82) is 0 Å². The lowest BCUT2D eigenvalue weighted by Crippen LogP contribution is -2.36. The van der Waals surface area contributed by atoms with E-state index in [1.807, 2.05) is 30.3 Å². The van der Waals surface area contributed by atoms with Gasteiger partial charge in [-0.15, -0.1) is 0 Å². The molecule has 6 nitrogen and oxygen atoms in total. The Kier molecular flexibility index (Phi) is 6.28. The SMILES string of the molecule is O=C(c1cc(S(=O)(=O)N2C[C@H](c3ccccc3)CC2=O)c(Cl)cc1Cl)N1CCCCC1. The first-order valence-electron chi connectivity index (χ1n) is 10.2. The number of amides is 2. The third-order valence-corrected chi connectivity index (χ3v) is 8.38. The van der Waals surface area contributed by atoms with Gasteiger partial charge in [-0.05, 0) is 37.0 Å². The minimum absolute atomic E-state index is 0.0273. The summed E-state index contributed by atoms with van der Waals surface area (Å²) in [5.74, 6) is -1.06. The van der Waals surface area contributed by atoms with Crippen molar-refractivity contribution in [3.8, 4) is 0 Å². The van der Waals surface area contributed by atoms with Crippen molar-refractivity contribution >= 4 is 45.0 Å². The maximum absolute atomic E-state index is 13.4. The summed E-state index contributed by atoms with van der Waals surface area (Å²) in [6.07, 6.45) is 2.93. The summed E-state index contributed by atoms with van der Waals surface area (Å²) in [4.78, 5) is 27.0. The van der Waals surface area contributed by atoms with Crippen LogP contribution in [0.4, 0.5) is 0 Å². The van der Waals surface area contributed by atoms with E-state index in [2.05, 4.69) is 0 Å². The van der Waals surface area contributed by atoms with E-state index < -0.39 is 15.9 Å². The number of sulfonamides is 1. The molecule has 31 heavy (non-hydrogen) atoms. The molecular weight excluding hydrogens is 459 g/mol. The second kappa shape index (κ2) is 8.81. The molecule has 0 unspecified atom stereocenters. The number of carbonyl (C=O) groups excluding carboxylic acids is 2. The molecule has 2 aliphatic heterocycles. The highest BCUT2D eigenvalue weighted by atomic mass is 35.5. The van der Waals surface area contributed by atoms with E-state index in [1.165, 1.54) is 12.1 Å². The Morgan fingerprint density at radius 3 is 2.32 bits per heavy atom. The number of hydrogen-bond donors (Lipinski definition) is 0. The number of piperidine rings is 1. The number of hydrogen-bond acceptors (Lipinski definition) is 4. The maximum atomic E-state index is 13.4. The van der Waals surface area contributed by atoms with E-state index in [4.69, 9.17) is 23.2 Å². The summed E-state index contributed by atoms with van der Waals surface area (Å²) >= 11 is 12.5. The van der Waals surface area contributed by atoms with Crippen LogP contribution in [0.1, 0.15) is 47.5 Å². The monoisotopic (exact) mass is 480 g/mol. The second-order valence-corrected chi connectivity index (χ2v) is 10.5. The van der Waals surface area contributed by atoms with Crippen LogP contribution in [0.5, 0.6) is 0 Å². The zero-order valence-electron chi connectivity index (χ0n) is 16.8. The number of benzene rings is 2. The van der Waals surface area contributed by atoms with Gasteiger partial charge in [0.25, 0.3) is 15.9 Å². The van der Waals surface area contributed by atoms with E-state index >= 15 is 0 Å². The molecule has 2 saturated heterocycles. The number of rotatable bonds is 4. The van der Waals surface area contributed by atoms with Gasteiger partial charge < -0.3 is 4.90 Å². The van der Waals surface area contributed by atoms with Gasteiger partial charge in [0.15, 0.2) is 0 Å². The molecule has 9 heteroatoms. The van der Waals surface area contributed by atoms with Crippen molar-refractivity contribution in [2.75, 3.05) is 19.6 Å². The normalized spacial score (nSPS) is 19.7. The number of carbonyl (C=O) groups is 2. The molecule has 4 rings (SSSR count). The predicted molar refractivity (Wildman–Crippen MR) is 119 cm³/mol. The van der Waals surface area contributed by atoms with E-state index in [-0.39, 0.29) is 45.3 Å². The average Bonchev–Trinajstić information content (AvgIpc) is 3.17. The third kappa shape index (κ3) is 4.31. The van der Waals surface area contributed by atoms with Gasteiger partial charge in [0.05, 0.1) is 15.6 Å². The standard InChI is InChI=1S/C22H22Cl2N2O4S/c23-18-13-19(24)20(12-17(18)22(28)25-9-5-2-6-10-25)31(29,30)26-14-16(11-21(26)27)15-7-3-1-4-8-15/h1,3-4,7-8,12-13,16H,2,5-6,9-11,14H2/t16-/m1/s1. The highest BCUT2D eigenvalue weighted by molar-refractivity contribution is 7.89. The first kappa shape index (κ1) is 22.1. The zero-order chi connectivity index (χ0) is 22.2. The molecule has 0 spiro atoms. The fraction of sp³-hybridized carbons (Fsp3) is 0.364. The molecule has 2 amide bonds. The number of likely N-dealkylation sites (tertiary alicyclic amines) is 1. The molecule has 0 aliphatic carbocycles. The Hall–Kier alpha value is -2.09. The van der Waals surface area contributed by atoms with Crippen molar-refractivity contribution in [2.45, 2.75) is 36.5 Å². The fourth-order valence-electron chi connectivity index (χ4n) is 4.14.